The zero-order valence-electron chi connectivity index (χ0n) is 13.4. The van der Waals surface area contributed by atoms with Crippen LogP contribution < -0.4 is 5.32 Å². The minimum atomic E-state index is -0.238. The molecule has 3 atom stereocenters. The van der Waals surface area contributed by atoms with Crippen molar-refractivity contribution in [2.75, 3.05) is 7.05 Å². The average molecular weight is 282 g/mol. The van der Waals surface area contributed by atoms with E-state index in [0.717, 1.165) is 44.9 Å². The molecule has 0 aromatic carbocycles. The number of hydrogen-bond donors (Lipinski definition) is 1. The highest BCUT2D eigenvalue weighted by atomic mass is 16.2. The number of carbonyl (C=O) groups excluding carboxylic acids is 2. The van der Waals surface area contributed by atoms with Crippen molar-refractivity contribution in [3.8, 4) is 0 Å². The number of rotatable bonds is 7. The van der Waals surface area contributed by atoms with Crippen LogP contribution in [0.3, 0.4) is 0 Å². The van der Waals surface area contributed by atoms with Crippen molar-refractivity contribution in [2.24, 2.45) is 0 Å². The molecule has 4 heteroatoms. The molecule has 0 saturated carbocycles. The van der Waals surface area contributed by atoms with Gasteiger partial charge in [0.2, 0.25) is 5.91 Å². The Hall–Kier alpha value is -0.900. The summed E-state index contributed by atoms with van der Waals surface area (Å²) in [5, 5.41) is 3.12. The summed E-state index contributed by atoms with van der Waals surface area (Å²) in [5.74, 6) is 0.246. The molecule has 4 nitrogen and oxygen atoms in total. The molecule has 0 aromatic rings. The zero-order valence-corrected chi connectivity index (χ0v) is 13.4. The van der Waals surface area contributed by atoms with Crippen LogP contribution in [0.1, 0.15) is 65.7 Å². The maximum atomic E-state index is 12.8. The van der Waals surface area contributed by atoms with Crippen molar-refractivity contribution in [3.63, 3.8) is 0 Å². The Balaban J connectivity index is 3.05. The lowest BCUT2D eigenvalue weighted by Gasteiger charge is -2.37. The maximum Gasteiger partial charge on any atom is 0.240 e. The molecular weight excluding hydrogens is 252 g/mol. The largest absolute Gasteiger partial charge is 0.328 e. The van der Waals surface area contributed by atoms with E-state index in [-0.39, 0.29) is 29.8 Å². The predicted octanol–water partition coefficient (Wildman–Crippen LogP) is 2.51. The number of likely N-dealkylation sites (tertiary alicyclic amines) is 1. The van der Waals surface area contributed by atoms with Crippen molar-refractivity contribution < 1.29 is 9.59 Å². The van der Waals surface area contributed by atoms with Crippen LogP contribution in [0.5, 0.6) is 0 Å². The second-order valence-electron chi connectivity index (χ2n) is 5.88. The van der Waals surface area contributed by atoms with E-state index in [0.29, 0.717) is 0 Å². The molecule has 1 rings (SSSR count). The minimum Gasteiger partial charge on any atom is -0.328 e. The summed E-state index contributed by atoms with van der Waals surface area (Å²) in [5.41, 5.74) is 0. The number of likely N-dealkylation sites (N-methyl/N-ethyl adjacent to an activating group) is 1. The van der Waals surface area contributed by atoms with Crippen LogP contribution in [-0.2, 0) is 9.59 Å². The number of Topliss-reactive ketones (excluding diaryl/α,β-unsaturated/α-hetero) is 1. The highest BCUT2D eigenvalue weighted by Crippen LogP contribution is 2.26. The number of ketones is 1. The number of carbonyl (C=O) groups is 2. The second-order valence-corrected chi connectivity index (χ2v) is 5.88. The number of amides is 1. The molecule has 1 aliphatic heterocycles. The average Bonchev–Trinajstić information content (AvgIpc) is 2.56. The van der Waals surface area contributed by atoms with Gasteiger partial charge >= 0.3 is 0 Å². The summed E-state index contributed by atoms with van der Waals surface area (Å²) in [6, 6.07) is -0.139. The molecule has 1 N–H and O–H groups in total. The molecule has 1 aliphatic rings. The summed E-state index contributed by atoms with van der Waals surface area (Å²) in [7, 11) is 1.84. The first-order chi connectivity index (χ1) is 9.56. The van der Waals surface area contributed by atoms with E-state index in [9.17, 15) is 9.59 Å². The van der Waals surface area contributed by atoms with Crippen molar-refractivity contribution in [2.45, 2.75) is 83.8 Å². The summed E-state index contributed by atoms with van der Waals surface area (Å²) in [6.45, 7) is 5.84. The molecule has 0 spiro atoms. The molecular formula is C16H30N2O2. The molecule has 1 fully saturated rings. The Kier molecular flexibility index (Phi) is 7.20. The van der Waals surface area contributed by atoms with Crippen molar-refractivity contribution in [3.05, 3.63) is 0 Å². The molecule has 116 valence electrons. The van der Waals surface area contributed by atoms with E-state index >= 15 is 0 Å². The minimum absolute atomic E-state index is 0.122. The van der Waals surface area contributed by atoms with Crippen LogP contribution in [0.4, 0.5) is 0 Å². The quantitative estimate of drug-likeness (QED) is 0.780. The molecule has 1 heterocycles. The fourth-order valence-corrected chi connectivity index (χ4v) is 3.28. The number of nitrogens with zero attached hydrogens (tertiary/aromatic N) is 1. The highest BCUT2D eigenvalue weighted by Gasteiger charge is 2.37. The van der Waals surface area contributed by atoms with Crippen LogP contribution in [0.2, 0.25) is 0 Å². The van der Waals surface area contributed by atoms with Crippen LogP contribution >= 0.6 is 0 Å². The van der Waals surface area contributed by atoms with Crippen molar-refractivity contribution in [1.82, 2.24) is 10.2 Å². The van der Waals surface area contributed by atoms with Gasteiger partial charge in [-0.1, -0.05) is 26.7 Å². The van der Waals surface area contributed by atoms with E-state index in [1.54, 1.807) is 6.92 Å². The molecule has 0 bridgehead atoms. The van der Waals surface area contributed by atoms with Crippen LogP contribution in [0.25, 0.3) is 0 Å². The summed E-state index contributed by atoms with van der Waals surface area (Å²) in [4.78, 5) is 26.7. The van der Waals surface area contributed by atoms with Crippen LogP contribution in [0, 0.1) is 0 Å². The first-order valence-electron chi connectivity index (χ1n) is 8.06. The lowest BCUT2D eigenvalue weighted by molar-refractivity contribution is -0.143. The monoisotopic (exact) mass is 282 g/mol. The standard InChI is InChI=1S/C16H30N2O2/c1-5-8-13-10-7-11-14(17-4)16(20)18(13)15(9-6-2)12(3)19/h13-15,17H,5-11H2,1-4H3. The molecule has 1 amide bonds. The van der Waals surface area contributed by atoms with Gasteiger partial charge in [0.15, 0.2) is 5.78 Å². The normalized spacial score (nSPS) is 25.4. The third kappa shape index (κ3) is 4.05. The molecule has 0 radical (unpaired) electrons. The van der Waals surface area contributed by atoms with Gasteiger partial charge in [0.25, 0.3) is 0 Å². The van der Waals surface area contributed by atoms with Gasteiger partial charge < -0.3 is 10.2 Å². The van der Waals surface area contributed by atoms with Gasteiger partial charge in [0.05, 0.1) is 12.1 Å². The predicted molar refractivity (Wildman–Crippen MR) is 81.6 cm³/mol. The summed E-state index contributed by atoms with van der Waals surface area (Å²) in [6.07, 6.45) is 6.70. The Morgan fingerprint density at radius 3 is 2.55 bits per heavy atom. The molecule has 1 saturated heterocycles. The Labute approximate surface area is 123 Å². The van der Waals surface area contributed by atoms with Gasteiger partial charge in [-0.25, -0.2) is 0 Å². The van der Waals surface area contributed by atoms with E-state index in [4.69, 9.17) is 0 Å². The lowest BCUT2D eigenvalue weighted by atomic mass is 9.99. The first kappa shape index (κ1) is 17.2. The van der Waals surface area contributed by atoms with Crippen molar-refractivity contribution in [1.29, 1.82) is 0 Å². The molecule has 0 aromatic heterocycles. The van der Waals surface area contributed by atoms with Gasteiger partial charge in [0, 0.05) is 6.04 Å². The molecule has 3 unspecified atom stereocenters. The van der Waals surface area contributed by atoms with E-state index < -0.39 is 0 Å². The second kappa shape index (κ2) is 8.40. The first-order valence-corrected chi connectivity index (χ1v) is 8.06. The highest BCUT2D eigenvalue weighted by molar-refractivity contribution is 5.90. The van der Waals surface area contributed by atoms with Crippen LogP contribution in [0.15, 0.2) is 0 Å². The Morgan fingerprint density at radius 2 is 2.05 bits per heavy atom. The lowest BCUT2D eigenvalue weighted by Crippen LogP contribution is -2.54. The third-order valence-corrected chi connectivity index (χ3v) is 4.31. The summed E-state index contributed by atoms with van der Waals surface area (Å²) < 4.78 is 0. The van der Waals surface area contributed by atoms with Gasteiger partial charge in [0.1, 0.15) is 0 Å². The SMILES string of the molecule is CCCC1CCCC(NC)C(=O)N1C(CCC)C(C)=O. The Morgan fingerprint density at radius 1 is 1.35 bits per heavy atom. The zero-order chi connectivity index (χ0) is 15.1. The fourth-order valence-electron chi connectivity index (χ4n) is 3.28. The maximum absolute atomic E-state index is 12.8. The van der Waals surface area contributed by atoms with Gasteiger partial charge in [-0.15, -0.1) is 0 Å². The molecule has 20 heavy (non-hydrogen) atoms. The van der Waals surface area contributed by atoms with E-state index in [2.05, 4.69) is 19.2 Å². The van der Waals surface area contributed by atoms with Crippen molar-refractivity contribution >= 4 is 11.7 Å². The molecule has 0 aliphatic carbocycles. The van der Waals surface area contributed by atoms with E-state index in [1.165, 1.54) is 0 Å². The van der Waals surface area contributed by atoms with E-state index in [1.807, 2.05) is 11.9 Å². The Bertz CT molecular complexity index is 330. The fraction of sp³-hybridized carbons (Fsp3) is 0.875. The third-order valence-electron chi connectivity index (χ3n) is 4.31. The van der Waals surface area contributed by atoms with Gasteiger partial charge in [-0.05, 0) is 46.1 Å². The smallest absolute Gasteiger partial charge is 0.240 e. The van der Waals surface area contributed by atoms with Crippen LogP contribution in [-0.4, -0.2) is 41.8 Å². The number of hydrogen-bond acceptors (Lipinski definition) is 3. The summed E-state index contributed by atoms with van der Waals surface area (Å²) >= 11 is 0. The van der Waals surface area contributed by atoms with Gasteiger partial charge in [-0.3, -0.25) is 9.59 Å². The number of nitrogens with one attached hydrogen (secondary N) is 1. The van der Waals surface area contributed by atoms with Gasteiger partial charge in [-0.2, -0.15) is 0 Å². The topological polar surface area (TPSA) is 49.4 Å².